The number of aryl methyl sites for hydroxylation is 1. The SMILES string of the molecule is O=c1[nH]c(=O)n(CCCCCO)cc1C(F)(F)F. The Labute approximate surface area is 99.9 Å². The van der Waals surface area contributed by atoms with Crippen molar-refractivity contribution < 1.29 is 18.3 Å². The molecule has 0 saturated heterocycles. The molecule has 0 amide bonds. The smallest absolute Gasteiger partial charge is 0.396 e. The minimum atomic E-state index is -4.78. The Morgan fingerprint density at radius 3 is 2.44 bits per heavy atom. The van der Waals surface area contributed by atoms with Gasteiger partial charge in [-0.25, -0.2) is 4.79 Å². The van der Waals surface area contributed by atoms with Crippen molar-refractivity contribution in [2.24, 2.45) is 0 Å². The molecule has 0 saturated carbocycles. The van der Waals surface area contributed by atoms with Crippen LogP contribution in [0.3, 0.4) is 0 Å². The predicted octanol–water partition coefficient (Wildman–Crippen LogP) is 0.718. The number of aromatic amines is 1. The zero-order valence-corrected chi connectivity index (χ0v) is 9.46. The van der Waals surface area contributed by atoms with Gasteiger partial charge in [-0.15, -0.1) is 0 Å². The fourth-order valence-corrected chi connectivity index (χ4v) is 1.45. The highest BCUT2D eigenvalue weighted by Gasteiger charge is 2.34. The molecule has 1 heterocycles. The van der Waals surface area contributed by atoms with Crippen molar-refractivity contribution in [3.63, 3.8) is 0 Å². The van der Waals surface area contributed by atoms with E-state index < -0.39 is 23.0 Å². The molecule has 1 aromatic rings. The van der Waals surface area contributed by atoms with E-state index in [0.29, 0.717) is 25.5 Å². The molecule has 0 bridgehead atoms. The van der Waals surface area contributed by atoms with Crippen molar-refractivity contribution >= 4 is 0 Å². The van der Waals surface area contributed by atoms with Gasteiger partial charge in [0.25, 0.3) is 5.56 Å². The quantitative estimate of drug-likeness (QED) is 0.771. The fraction of sp³-hybridized carbons (Fsp3) is 0.600. The second-order valence-corrected chi connectivity index (χ2v) is 3.78. The molecule has 0 fully saturated rings. The molecule has 0 aliphatic heterocycles. The summed E-state index contributed by atoms with van der Waals surface area (Å²) >= 11 is 0. The Bertz CT molecular complexity index is 504. The van der Waals surface area contributed by atoms with Gasteiger partial charge in [0.05, 0.1) is 0 Å². The summed E-state index contributed by atoms with van der Waals surface area (Å²) in [5.41, 5.74) is -3.68. The zero-order chi connectivity index (χ0) is 13.8. The van der Waals surface area contributed by atoms with Gasteiger partial charge in [-0.2, -0.15) is 13.2 Å². The van der Waals surface area contributed by atoms with Crippen LogP contribution in [0, 0.1) is 0 Å². The number of nitrogens with one attached hydrogen (secondary N) is 1. The van der Waals surface area contributed by atoms with Crippen LogP contribution in [0.15, 0.2) is 15.8 Å². The van der Waals surface area contributed by atoms with Gasteiger partial charge >= 0.3 is 11.9 Å². The Hall–Kier alpha value is -1.57. The second-order valence-electron chi connectivity index (χ2n) is 3.78. The van der Waals surface area contributed by atoms with Crippen molar-refractivity contribution in [3.05, 3.63) is 32.6 Å². The number of hydrogen-bond donors (Lipinski definition) is 2. The van der Waals surface area contributed by atoms with Crippen molar-refractivity contribution in [1.29, 1.82) is 0 Å². The molecule has 102 valence electrons. The topological polar surface area (TPSA) is 75.1 Å². The maximum Gasteiger partial charge on any atom is 0.423 e. The molecule has 0 radical (unpaired) electrons. The molecule has 1 rings (SSSR count). The number of aliphatic hydroxyl groups excluding tert-OH is 1. The summed E-state index contributed by atoms with van der Waals surface area (Å²) in [6, 6.07) is 0. The van der Waals surface area contributed by atoms with E-state index in [2.05, 4.69) is 0 Å². The van der Waals surface area contributed by atoms with E-state index >= 15 is 0 Å². The predicted molar refractivity (Wildman–Crippen MR) is 57.3 cm³/mol. The van der Waals surface area contributed by atoms with E-state index in [1.807, 2.05) is 0 Å². The number of unbranched alkanes of at least 4 members (excludes halogenated alkanes) is 2. The molecule has 0 spiro atoms. The first-order valence-corrected chi connectivity index (χ1v) is 5.38. The van der Waals surface area contributed by atoms with Gasteiger partial charge in [0, 0.05) is 19.3 Å². The van der Waals surface area contributed by atoms with Gasteiger partial charge in [0.2, 0.25) is 0 Å². The Morgan fingerprint density at radius 2 is 1.89 bits per heavy atom. The Morgan fingerprint density at radius 1 is 1.22 bits per heavy atom. The summed E-state index contributed by atoms with van der Waals surface area (Å²) in [4.78, 5) is 23.9. The molecule has 1 aromatic heterocycles. The average Bonchev–Trinajstić information content (AvgIpc) is 2.25. The minimum Gasteiger partial charge on any atom is -0.396 e. The molecular weight excluding hydrogens is 253 g/mol. The van der Waals surface area contributed by atoms with Gasteiger partial charge in [0.15, 0.2) is 0 Å². The molecule has 0 aromatic carbocycles. The highest BCUT2D eigenvalue weighted by atomic mass is 19.4. The van der Waals surface area contributed by atoms with Gasteiger partial charge in [-0.05, 0) is 19.3 Å². The van der Waals surface area contributed by atoms with Crippen LogP contribution in [0.2, 0.25) is 0 Å². The molecule has 0 unspecified atom stereocenters. The van der Waals surface area contributed by atoms with Crippen LogP contribution >= 0.6 is 0 Å². The van der Waals surface area contributed by atoms with E-state index in [1.165, 1.54) is 0 Å². The summed E-state index contributed by atoms with van der Waals surface area (Å²) < 4.78 is 38.1. The first-order valence-electron chi connectivity index (χ1n) is 5.38. The normalized spacial score (nSPS) is 11.8. The lowest BCUT2D eigenvalue weighted by atomic mass is 10.2. The van der Waals surface area contributed by atoms with Crippen LogP contribution in [-0.2, 0) is 12.7 Å². The summed E-state index contributed by atoms with van der Waals surface area (Å²) in [6.07, 6.45) is -2.70. The molecule has 8 heteroatoms. The molecule has 0 aliphatic carbocycles. The number of alkyl halides is 3. The first kappa shape index (κ1) is 14.5. The van der Waals surface area contributed by atoms with Gasteiger partial charge < -0.3 is 5.11 Å². The summed E-state index contributed by atoms with van der Waals surface area (Å²) in [6.45, 7) is 0.0625. The number of rotatable bonds is 5. The highest BCUT2D eigenvalue weighted by molar-refractivity contribution is 5.08. The van der Waals surface area contributed by atoms with Crippen molar-refractivity contribution in [3.8, 4) is 0 Å². The largest absolute Gasteiger partial charge is 0.423 e. The zero-order valence-electron chi connectivity index (χ0n) is 9.46. The fourth-order valence-electron chi connectivity index (χ4n) is 1.45. The molecular formula is C10H13F3N2O3. The van der Waals surface area contributed by atoms with Crippen molar-refractivity contribution in [2.45, 2.75) is 32.0 Å². The first-order chi connectivity index (χ1) is 8.36. The van der Waals surface area contributed by atoms with Crippen molar-refractivity contribution in [2.75, 3.05) is 6.61 Å². The monoisotopic (exact) mass is 266 g/mol. The maximum atomic E-state index is 12.4. The number of halogens is 3. The summed E-state index contributed by atoms with van der Waals surface area (Å²) in [5.74, 6) is 0. The third-order valence-electron chi connectivity index (χ3n) is 2.37. The number of aromatic nitrogens is 2. The van der Waals surface area contributed by atoms with E-state index in [-0.39, 0.29) is 13.2 Å². The minimum absolute atomic E-state index is 0.00563. The standard InChI is InChI=1S/C10H13F3N2O3/c11-10(12,13)7-6-15(4-2-1-3-5-16)9(18)14-8(7)17/h6,16H,1-5H2,(H,14,17,18). The van der Waals surface area contributed by atoms with E-state index in [1.54, 1.807) is 4.98 Å². The van der Waals surface area contributed by atoms with Crippen LogP contribution in [0.25, 0.3) is 0 Å². The van der Waals surface area contributed by atoms with E-state index in [4.69, 9.17) is 5.11 Å². The van der Waals surface area contributed by atoms with E-state index in [9.17, 15) is 22.8 Å². The van der Waals surface area contributed by atoms with Gasteiger partial charge in [0.1, 0.15) is 5.56 Å². The van der Waals surface area contributed by atoms with E-state index in [0.717, 1.165) is 4.57 Å². The van der Waals surface area contributed by atoms with Crippen LogP contribution in [0.1, 0.15) is 24.8 Å². The number of hydrogen-bond acceptors (Lipinski definition) is 3. The number of aliphatic hydroxyl groups is 1. The molecule has 0 aliphatic rings. The van der Waals surface area contributed by atoms with Crippen LogP contribution in [0.4, 0.5) is 13.2 Å². The average molecular weight is 266 g/mol. The van der Waals surface area contributed by atoms with Gasteiger partial charge in [-0.3, -0.25) is 14.3 Å². The van der Waals surface area contributed by atoms with Crippen LogP contribution in [0.5, 0.6) is 0 Å². The third-order valence-corrected chi connectivity index (χ3v) is 2.37. The van der Waals surface area contributed by atoms with Gasteiger partial charge in [-0.1, -0.05) is 0 Å². The lowest BCUT2D eigenvalue weighted by Gasteiger charge is -2.09. The highest BCUT2D eigenvalue weighted by Crippen LogP contribution is 2.25. The lowest BCUT2D eigenvalue weighted by Crippen LogP contribution is -2.34. The third kappa shape index (κ3) is 3.73. The van der Waals surface area contributed by atoms with Crippen LogP contribution < -0.4 is 11.2 Å². The number of nitrogens with zero attached hydrogens (tertiary/aromatic N) is 1. The van der Waals surface area contributed by atoms with Crippen molar-refractivity contribution in [1.82, 2.24) is 9.55 Å². The lowest BCUT2D eigenvalue weighted by molar-refractivity contribution is -0.139. The van der Waals surface area contributed by atoms with Crippen LogP contribution in [-0.4, -0.2) is 21.3 Å². The maximum absolute atomic E-state index is 12.4. The second kappa shape index (κ2) is 5.85. The Kier molecular flexibility index (Phi) is 4.71. The number of H-pyrrole nitrogens is 1. The summed E-state index contributed by atoms with van der Waals surface area (Å²) in [7, 11) is 0. The molecule has 5 nitrogen and oxygen atoms in total. The molecule has 18 heavy (non-hydrogen) atoms. The molecule has 0 atom stereocenters. The molecule has 2 N–H and O–H groups in total. The summed E-state index contributed by atoms with van der Waals surface area (Å²) in [5, 5.41) is 8.54. The Balaban J connectivity index is 2.93.